The zero-order valence-corrected chi connectivity index (χ0v) is 16.6. The first kappa shape index (κ1) is 18.7. The van der Waals surface area contributed by atoms with Gasteiger partial charge in [0.05, 0.1) is 6.33 Å². The number of hydrogen-bond acceptors (Lipinski definition) is 4. The normalized spacial score (nSPS) is 11.7. The number of benzene rings is 1. The lowest BCUT2D eigenvalue weighted by atomic mass is 10.2. The zero-order chi connectivity index (χ0) is 20.5. The standard InChI is InChI=1S/C21H22N6O2/c1-4-26-19-18(20(28)27(5-2)21(26)29)24(3)17(23-19)10-9-15-7-6-8-16(13-15)25-12-11-22-14-25/h6-14H,4-5H2,1-3H3. The topological polar surface area (TPSA) is 79.6 Å². The molecule has 0 aliphatic carbocycles. The monoisotopic (exact) mass is 390 g/mol. The number of rotatable bonds is 5. The molecule has 4 rings (SSSR count). The molecule has 0 atom stereocenters. The van der Waals surface area contributed by atoms with E-state index in [9.17, 15) is 9.59 Å². The Labute approximate surface area is 167 Å². The van der Waals surface area contributed by atoms with Gasteiger partial charge in [-0.1, -0.05) is 18.2 Å². The van der Waals surface area contributed by atoms with Crippen LogP contribution in [0.25, 0.3) is 29.0 Å². The number of imidazole rings is 2. The number of hydrogen-bond donors (Lipinski definition) is 0. The molecule has 0 radical (unpaired) electrons. The van der Waals surface area contributed by atoms with Crippen molar-refractivity contribution in [3.05, 3.63) is 75.2 Å². The van der Waals surface area contributed by atoms with Crippen LogP contribution in [0.1, 0.15) is 25.2 Å². The highest BCUT2D eigenvalue weighted by molar-refractivity contribution is 5.76. The fourth-order valence-electron chi connectivity index (χ4n) is 3.46. The molecule has 0 aliphatic heterocycles. The van der Waals surface area contributed by atoms with E-state index >= 15 is 0 Å². The Morgan fingerprint density at radius 2 is 1.86 bits per heavy atom. The molecular weight excluding hydrogens is 368 g/mol. The lowest BCUT2D eigenvalue weighted by Crippen LogP contribution is -2.39. The van der Waals surface area contributed by atoms with Gasteiger partial charge in [-0.15, -0.1) is 0 Å². The smallest absolute Gasteiger partial charge is 0.322 e. The summed E-state index contributed by atoms with van der Waals surface area (Å²) in [6.07, 6.45) is 9.16. The van der Waals surface area contributed by atoms with Gasteiger partial charge in [-0.2, -0.15) is 0 Å². The highest BCUT2D eigenvalue weighted by Gasteiger charge is 2.17. The van der Waals surface area contributed by atoms with Crippen LogP contribution >= 0.6 is 0 Å². The quantitative estimate of drug-likeness (QED) is 0.524. The average Bonchev–Trinajstić information content (AvgIpc) is 3.36. The Bertz CT molecular complexity index is 1320. The second-order valence-corrected chi connectivity index (χ2v) is 6.68. The summed E-state index contributed by atoms with van der Waals surface area (Å²) in [4.78, 5) is 34.0. The molecule has 29 heavy (non-hydrogen) atoms. The van der Waals surface area contributed by atoms with E-state index in [-0.39, 0.29) is 11.2 Å². The predicted molar refractivity (Wildman–Crippen MR) is 113 cm³/mol. The fraction of sp³-hybridized carbons (Fsp3) is 0.238. The summed E-state index contributed by atoms with van der Waals surface area (Å²) in [6, 6.07) is 8.00. The van der Waals surface area contributed by atoms with Gasteiger partial charge in [-0.3, -0.25) is 13.9 Å². The lowest BCUT2D eigenvalue weighted by molar-refractivity contribution is 0.604. The highest BCUT2D eigenvalue weighted by atomic mass is 16.2. The largest absolute Gasteiger partial charge is 0.332 e. The second-order valence-electron chi connectivity index (χ2n) is 6.68. The van der Waals surface area contributed by atoms with E-state index in [0.29, 0.717) is 30.1 Å². The summed E-state index contributed by atoms with van der Waals surface area (Å²) < 4.78 is 6.46. The first-order valence-corrected chi connectivity index (χ1v) is 9.51. The van der Waals surface area contributed by atoms with Crippen molar-refractivity contribution in [1.29, 1.82) is 0 Å². The highest BCUT2D eigenvalue weighted by Crippen LogP contribution is 2.15. The van der Waals surface area contributed by atoms with Crippen molar-refractivity contribution in [2.24, 2.45) is 7.05 Å². The van der Waals surface area contributed by atoms with Gasteiger partial charge in [0.15, 0.2) is 11.2 Å². The molecule has 0 saturated carbocycles. The maximum Gasteiger partial charge on any atom is 0.332 e. The fourth-order valence-corrected chi connectivity index (χ4v) is 3.46. The van der Waals surface area contributed by atoms with Crippen LogP contribution in [0.2, 0.25) is 0 Å². The zero-order valence-electron chi connectivity index (χ0n) is 16.6. The van der Waals surface area contributed by atoms with E-state index < -0.39 is 0 Å². The van der Waals surface area contributed by atoms with Crippen molar-refractivity contribution in [1.82, 2.24) is 28.2 Å². The second kappa shape index (κ2) is 7.38. The van der Waals surface area contributed by atoms with Crippen molar-refractivity contribution >= 4 is 23.3 Å². The van der Waals surface area contributed by atoms with E-state index in [1.165, 1.54) is 9.13 Å². The first-order chi connectivity index (χ1) is 14.0. The van der Waals surface area contributed by atoms with Gasteiger partial charge < -0.3 is 9.13 Å². The summed E-state index contributed by atoms with van der Waals surface area (Å²) >= 11 is 0. The average molecular weight is 390 g/mol. The van der Waals surface area contributed by atoms with E-state index in [0.717, 1.165) is 11.3 Å². The minimum Gasteiger partial charge on any atom is -0.322 e. The summed E-state index contributed by atoms with van der Waals surface area (Å²) in [7, 11) is 1.79. The molecule has 0 unspecified atom stereocenters. The molecule has 8 nitrogen and oxygen atoms in total. The van der Waals surface area contributed by atoms with Crippen LogP contribution in [0.3, 0.4) is 0 Å². The van der Waals surface area contributed by atoms with Crippen LogP contribution in [-0.2, 0) is 20.1 Å². The van der Waals surface area contributed by atoms with Crippen molar-refractivity contribution in [3.63, 3.8) is 0 Å². The van der Waals surface area contributed by atoms with Crippen molar-refractivity contribution in [2.45, 2.75) is 26.9 Å². The molecule has 8 heteroatoms. The van der Waals surface area contributed by atoms with Gasteiger partial charge in [0, 0.05) is 38.2 Å². The van der Waals surface area contributed by atoms with E-state index in [2.05, 4.69) is 9.97 Å². The van der Waals surface area contributed by atoms with Crippen LogP contribution in [0, 0.1) is 0 Å². The Hall–Kier alpha value is -3.68. The minimum atomic E-state index is -0.325. The van der Waals surface area contributed by atoms with Crippen molar-refractivity contribution in [3.8, 4) is 5.69 Å². The van der Waals surface area contributed by atoms with Gasteiger partial charge in [-0.05, 0) is 37.6 Å². The van der Waals surface area contributed by atoms with Gasteiger partial charge in [0.2, 0.25) is 0 Å². The van der Waals surface area contributed by atoms with Gasteiger partial charge in [-0.25, -0.2) is 14.8 Å². The lowest BCUT2D eigenvalue weighted by Gasteiger charge is -2.08. The minimum absolute atomic E-state index is 0.311. The molecule has 0 spiro atoms. The molecule has 0 N–H and O–H groups in total. The number of fused-ring (bicyclic) bond motifs is 1. The van der Waals surface area contributed by atoms with E-state index in [1.54, 1.807) is 31.1 Å². The summed E-state index contributed by atoms with van der Waals surface area (Å²) in [5.74, 6) is 0.612. The Morgan fingerprint density at radius 1 is 1.07 bits per heavy atom. The van der Waals surface area contributed by atoms with Gasteiger partial charge in [0.25, 0.3) is 5.56 Å². The molecule has 0 saturated heterocycles. The molecular formula is C21H22N6O2. The van der Waals surface area contributed by atoms with Crippen LogP contribution in [0.15, 0.2) is 52.6 Å². The van der Waals surface area contributed by atoms with Crippen molar-refractivity contribution in [2.75, 3.05) is 0 Å². The number of aryl methyl sites for hydroxylation is 2. The summed E-state index contributed by atoms with van der Waals surface area (Å²) in [5, 5.41) is 0. The van der Waals surface area contributed by atoms with Crippen molar-refractivity contribution < 1.29 is 0 Å². The summed E-state index contributed by atoms with van der Waals surface area (Å²) in [6.45, 7) is 4.43. The SMILES string of the molecule is CCn1c(=O)c2c(nc(C=Cc3cccc(-n4ccnc4)c3)n2C)n(CC)c1=O. The first-order valence-electron chi connectivity index (χ1n) is 9.51. The maximum absolute atomic E-state index is 12.8. The maximum atomic E-state index is 12.8. The molecule has 148 valence electrons. The summed E-state index contributed by atoms with van der Waals surface area (Å²) in [5.41, 5.74) is 2.20. The molecule has 0 amide bonds. The Morgan fingerprint density at radius 3 is 2.55 bits per heavy atom. The van der Waals surface area contributed by atoms with Gasteiger partial charge in [0.1, 0.15) is 5.82 Å². The molecule has 0 bridgehead atoms. The third kappa shape index (κ3) is 3.12. The molecule has 1 aromatic carbocycles. The third-order valence-electron chi connectivity index (χ3n) is 5.01. The molecule has 0 fully saturated rings. The molecule has 0 aliphatic rings. The van der Waals surface area contributed by atoms with Crippen LogP contribution in [0.5, 0.6) is 0 Å². The molecule has 3 aromatic heterocycles. The number of aromatic nitrogens is 6. The Balaban J connectivity index is 1.81. The van der Waals surface area contributed by atoms with Gasteiger partial charge >= 0.3 is 5.69 Å². The Kier molecular flexibility index (Phi) is 4.75. The molecule has 4 aromatic rings. The van der Waals surface area contributed by atoms with E-state index in [1.807, 2.05) is 54.1 Å². The van der Waals surface area contributed by atoms with Crippen LogP contribution in [-0.4, -0.2) is 28.2 Å². The third-order valence-corrected chi connectivity index (χ3v) is 5.01. The number of nitrogens with zero attached hydrogens (tertiary/aromatic N) is 6. The van der Waals surface area contributed by atoms with Crippen LogP contribution < -0.4 is 11.2 Å². The molecule has 3 heterocycles. The van der Waals surface area contributed by atoms with E-state index in [4.69, 9.17) is 0 Å². The predicted octanol–water partition coefficient (Wildman–Crippen LogP) is 2.29. The van der Waals surface area contributed by atoms with Crippen LogP contribution in [0.4, 0.5) is 0 Å².